The van der Waals surface area contributed by atoms with Gasteiger partial charge in [-0.3, -0.25) is 9.59 Å². The number of ether oxygens (including phenoxy) is 2. The van der Waals surface area contributed by atoms with Crippen molar-refractivity contribution in [3.05, 3.63) is 0 Å². The van der Waals surface area contributed by atoms with Crippen molar-refractivity contribution in [1.29, 1.82) is 0 Å². The van der Waals surface area contributed by atoms with Crippen LogP contribution in [0.3, 0.4) is 0 Å². The molecule has 0 fully saturated rings. The van der Waals surface area contributed by atoms with Crippen molar-refractivity contribution >= 4 is 17.7 Å². The fraction of sp³-hybridized carbons (Fsp3) is 0.700. The van der Waals surface area contributed by atoms with E-state index >= 15 is 0 Å². The summed E-state index contributed by atoms with van der Waals surface area (Å²) in [6, 6.07) is 0. The summed E-state index contributed by atoms with van der Waals surface area (Å²) in [6.45, 7) is 5.24. The van der Waals surface area contributed by atoms with Gasteiger partial charge in [0.05, 0.1) is 19.1 Å². The lowest BCUT2D eigenvalue weighted by Gasteiger charge is -2.08. The lowest BCUT2D eigenvalue weighted by atomic mass is 10.1. The zero-order chi connectivity index (χ0) is 11.8. The molecule has 0 bridgehead atoms. The molecule has 5 heteroatoms. The largest absolute Gasteiger partial charge is 0.466 e. The van der Waals surface area contributed by atoms with E-state index in [-0.39, 0.29) is 19.6 Å². The Labute approximate surface area is 88.7 Å². The molecule has 0 aromatic rings. The van der Waals surface area contributed by atoms with E-state index in [1.165, 1.54) is 6.92 Å². The van der Waals surface area contributed by atoms with Crippen molar-refractivity contribution in [2.24, 2.45) is 5.92 Å². The normalized spacial score (nSPS) is 11.7. The van der Waals surface area contributed by atoms with E-state index in [4.69, 9.17) is 4.74 Å². The molecule has 0 N–H and O–H groups in total. The van der Waals surface area contributed by atoms with E-state index in [2.05, 4.69) is 4.74 Å². The monoisotopic (exact) mass is 216 g/mol. The van der Waals surface area contributed by atoms with Crippen molar-refractivity contribution in [3.63, 3.8) is 0 Å². The zero-order valence-corrected chi connectivity index (χ0v) is 9.24. The number of Topliss-reactive ketones (excluding diaryl/α,β-unsaturated/α-hetero) is 1. The Bertz CT molecular complexity index is 246. The molecular formula is C10H16O5. The van der Waals surface area contributed by atoms with Crippen molar-refractivity contribution in [2.45, 2.75) is 27.2 Å². The van der Waals surface area contributed by atoms with E-state index in [1.807, 2.05) is 0 Å². The van der Waals surface area contributed by atoms with Gasteiger partial charge in [0.1, 0.15) is 0 Å². The Morgan fingerprint density at radius 2 is 1.60 bits per heavy atom. The highest BCUT2D eigenvalue weighted by atomic mass is 16.5. The third kappa shape index (κ3) is 5.15. The number of carbonyl (C=O) groups is 3. The molecule has 0 aliphatic rings. The Hall–Kier alpha value is -1.39. The quantitative estimate of drug-likeness (QED) is 0.483. The molecular weight excluding hydrogens is 200 g/mol. The van der Waals surface area contributed by atoms with Gasteiger partial charge < -0.3 is 9.47 Å². The third-order valence-electron chi connectivity index (χ3n) is 1.68. The molecule has 0 radical (unpaired) electrons. The second-order valence-electron chi connectivity index (χ2n) is 3.00. The average Bonchev–Trinajstić information content (AvgIpc) is 2.18. The first-order valence-electron chi connectivity index (χ1n) is 4.89. The van der Waals surface area contributed by atoms with Crippen LogP contribution >= 0.6 is 0 Å². The highest BCUT2D eigenvalue weighted by Gasteiger charge is 2.23. The highest BCUT2D eigenvalue weighted by molar-refractivity contribution is 6.33. The Morgan fingerprint density at radius 3 is 2.07 bits per heavy atom. The molecule has 0 aromatic heterocycles. The Kier molecular flexibility index (Phi) is 6.33. The lowest BCUT2D eigenvalue weighted by molar-refractivity contribution is -0.156. The number of ketones is 1. The maximum absolute atomic E-state index is 11.2. The molecule has 0 aromatic carbocycles. The first kappa shape index (κ1) is 13.6. The van der Waals surface area contributed by atoms with Crippen molar-refractivity contribution < 1.29 is 23.9 Å². The molecule has 1 unspecified atom stereocenters. The summed E-state index contributed by atoms with van der Waals surface area (Å²) in [5, 5.41) is 0. The van der Waals surface area contributed by atoms with Crippen LogP contribution in [0.4, 0.5) is 0 Å². The predicted molar refractivity (Wildman–Crippen MR) is 52.1 cm³/mol. The van der Waals surface area contributed by atoms with E-state index in [9.17, 15) is 14.4 Å². The van der Waals surface area contributed by atoms with E-state index < -0.39 is 23.6 Å². The Balaban J connectivity index is 4.06. The molecule has 15 heavy (non-hydrogen) atoms. The molecule has 0 rings (SSSR count). The topological polar surface area (TPSA) is 69.7 Å². The summed E-state index contributed by atoms with van der Waals surface area (Å²) in [5.41, 5.74) is 0. The number of hydrogen-bond acceptors (Lipinski definition) is 5. The van der Waals surface area contributed by atoms with Crippen LogP contribution in [0.5, 0.6) is 0 Å². The van der Waals surface area contributed by atoms with Gasteiger partial charge in [-0.25, -0.2) is 4.79 Å². The minimum Gasteiger partial charge on any atom is -0.466 e. The second-order valence-corrected chi connectivity index (χ2v) is 3.00. The van der Waals surface area contributed by atoms with Crippen LogP contribution in [0.15, 0.2) is 0 Å². The molecule has 86 valence electrons. The summed E-state index contributed by atoms with van der Waals surface area (Å²) in [5.74, 6) is -2.68. The fourth-order valence-corrected chi connectivity index (χ4v) is 0.941. The van der Waals surface area contributed by atoms with Gasteiger partial charge in [-0.2, -0.15) is 0 Å². The first-order chi connectivity index (χ1) is 7.02. The highest BCUT2D eigenvalue weighted by Crippen LogP contribution is 2.06. The maximum Gasteiger partial charge on any atom is 0.374 e. The SMILES string of the molecule is CCOC(=O)C(=O)CC(C)C(=O)OCC. The van der Waals surface area contributed by atoms with Crippen molar-refractivity contribution in [2.75, 3.05) is 13.2 Å². The van der Waals surface area contributed by atoms with Gasteiger partial charge in [0.25, 0.3) is 0 Å². The lowest BCUT2D eigenvalue weighted by Crippen LogP contribution is -2.24. The van der Waals surface area contributed by atoms with Crippen molar-refractivity contribution in [1.82, 2.24) is 0 Å². The Morgan fingerprint density at radius 1 is 1.07 bits per heavy atom. The van der Waals surface area contributed by atoms with Crippen LogP contribution in [0.25, 0.3) is 0 Å². The van der Waals surface area contributed by atoms with Gasteiger partial charge >= 0.3 is 11.9 Å². The number of esters is 2. The molecule has 0 spiro atoms. The second kappa shape index (κ2) is 6.98. The minimum atomic E-state index is -0.895. The molecule has 0 aliphatic carbocycles. The summed E-state index contributed by atoms with van der Waals surface area (Å²) >= 11 is 0. The van der Waals surface area contributed by atoms with Gasteiger partial charge in [-0.05, 0) is 13.8 Å². The molecule has 1 atom stereocenters. The smallest absolute Gasteiger partial charge is 0.374 e. The van der Waals surface area contributed by atoms with Gasteiger partial charge in [0.15, 0.2) is 0 Å². The van der Waals surface area contributed by atoms with Crippen molar-refractivity contribution in [3.8, 4) is 0 Å². The van der Waals surface area contributed by atoms with Crippen LogP contribution in [-0.2, 0) is 23.9 Å². The third-order valence-corrected chi connectivity index (χ3v) is 1.68. The van der Waals surface area contributed by atoms with Crippen LogP contribution in [-0.4, -0.2) is 30.9 Å². The summed E-state index contributed by atoms with van der Waals surface area (Å²) < 4.78 is 9.20. The van der Waals surface area contributed by atoms with Gasteiger partial charge in [0.2, 0.25) is 5.78 Å². The van der Waals surface area contributed by atoms with Crippen LogP contribution in [0.1, 0.15) is 27.2 Å². The number of carbonyl (C=O) groups excluding carboxylic acids is 3. The van der Waals surface area contributed by atoms with Crippen LogP contribution in [0, 0.1) is 5.92 Å². The summed E-state index contributed by atoms with van der Waals surface area (Å²) in [7, 11) is 0. The fourth-order valence-electron chi connectivity index (χ4n) is 0.941. The minimum absolute atomic E-state index is 0.151. The van der Waals surface area contributed by atoms with Crippen LogP contribution < -0.4 is 0 Å². The predicted octanol–water partition coefficient (Wildman–Crippen LogP) is 0.708. The van der Waals surface area contributed by atoms with Crippen LogP contribution in [0.2, 0.25) is 0 Å². The van der Waals surface area contributed by atoms with Gasteiger partial charge in [-0.15, -0.1) is 0 Å². The average molecular weight is 216 g/mol. The number of hydrogen-bond donors (Lipinski definition) is 0. The molecule has 0 saturated carbocycles. The van der Waals surface area contributed by atoms with E-state index in [1.54, 1.807) is 13.8 Å². The molecule has 0 saturated heterocycles. The van der Waals surface area contributed by atoms with E-state index in [0.717, 1.165) is 0 Å². The molecule has 5 nitrogen and oxygen atoms in total. The molecule has 0 heterocycles. The number of rotatable bonds is 6. The zero-order valence-electron chi connectivity index (χ0n) is 9.24. The first-order valence-corrected chi connectivity index (χ1v) is 4.89. The van der Waals surface area contributed by atoms with Gasteiger partial charge in [0, 0.05) is 6.42 Å². The molecule has 0 amide bonds. The maximum atomic E-state index is 11.2. The standard InChI is InChI=1S/C10H16O5/c1-4-14-9(12)7(3)6-8(11)10(13)15-5-2/h7H,4-6H2,1-3H3. The van der Waals surface area contributed by atoms with Gasteiger partial charge in [-0.1, -0.05) is 6.92 Å². The summed E-state index contributed by atoms with van der Waals surface area (Å²) in [6.07, 6.45) is -0.169. The summed E-state index contributed by atoms with van der Waals surface area (Å²) in [4.78, 5) is 33.2. The molecule has 0 aliphatic heterocycles. The van der Waals surface area contributed by atoms with E-state index in [0.29, 0.717) is 0 Å².